The highest BCUT2D eigenvalue weighted by molar-refractivity contribution is 7.15. The van der Waals surface area contributed by atoms with Crippen molar-refractivity contribution in [2.75, 3.05) is 27.3 Å². The zero-order chi connectivity index (χ0) is 26.2. The van der Waals surface area contributed by atoms with E-state index >= 15 is 0 Å². The molecule has 0 radical (unpaired) electrons. The molecule has 13 heteroatoms. The van der Waals surface area contributed by atoms with Crippen LogP contribution in [0, 0.1) is 0 Å². The average Bonchev–Trinajstić information content (AvgIpc) is 3.32. The number of carbonyl (C=O) groups excluding carboxylic acids is 3. The Morgan fingerprint density at radius 1 is 1.03 bits per heavy atom. The van der Waals surface area contributed by atoms with Gasteiger partial charge in [-0.25, -0.2) is 0 Å². The number of methoxy groups -OCH3 is 1. The molecule has 0 bridgehead atoms. The maximum Gasteiger partial charge on any atom is 0.416 e. The van der Waals surface area contributed by atoms with Crippen molar-refractivity contribution in [1.29, 1.82) is 0 Å². The number of aliphatic imine (C=N–C) groups is 1. The number of nitrogens with zero attached hydrogens (tertiary/aromatic N) is 1. The number of nitrogens with two attached hydrogens (primary N) is 1. The van der Waals surface area contributed by atoms with Crippen LogP contribution >= 0.6 is 11.3 Å². The van der Waals surface area contributed by atoms with Crippen molar-refractivity contribution in [3.05, 3.63) is 68.7 Å². The highest BCUT2D eigenvalue weighted by Gasteiger charge is 2.30. The summed E-state index contributed by atoms with van der Waals surface area (Å²) in [7, 11) is 2.82. The Kier molecular flexibility index (Phi) is 9.54. The van der Waals surface area contributed by atoms with Crippen LogP contribution < -0.4 is 21.9 Å². The van der Waals surface area contributed by atoms with E-state index in [2.05, 4.69) is 21.2 Å². The molecule has 9 nitrogen and oxygen atoms in total. The van der Waals surface area contributed by atoms with Gasteiger partial charge in [0.05, 0.1) is 27.6 Å². The highest BCUT2D eigenvalue weighted by Crippen LogP contribution is 2.29. The second-order valence-corrected chi connectivity index (χ2v) is 8.09. The fourth-order valence-corrected chi connectivity index (χ4v) is 3.51. The van der Waals surface area contributed by atoms with Gasteiger partial charge in [0.25, 0.3) is 11.8 Å². The van der Waals surface area contributed by atoms with Gasteiger partial charge in [0.15, 0.2) is 0 Å². The number of carbonyl (C=O) groups is 3. The van der Waals surface area contributed by atoms with Crippen LogP contribution in [0.25, 0.3) is 0 Å². The maximum atomic E-state index is 12.8. The Morgan fingerprint density at radius 3 is 2.17 bits per heavy atom. The van der Waals surface area contributed by atoms with Crippen LogP contribution in [0.15, 0.2) is 52.8 Å². The molecule has 2 rings (SSSR count). The van der Waals surface area contributed by atoms with Gasteiger partial charge in [-0.05, 0) is 31.2 Å². The summed E-state index contributed by atoms with van der Waals surface area (Å²) in [5.74, 6) is -1.66. The highest BCUT2D eigenvalue weighted by atomic mass is 32.1. The number of Topliss-reactive ketones (excluding diaryl/α,β-unsaturated/α-hetero) is 1. The molecule has 5 N–H and O–H groups in total. The Morgan fingerprint density at radius 2 is 1.63 bits per heavy atom. The number of allylic oxidation sites excluding steroid dienone is 2. The van der Waals surface area contributed by atoms with E-state index in [0.29, 0.717) is 18.0 Å². The smallest absolute Gasteiger partial charge is 0.394 e. The fraction of sp³-hybridized carbons (Fsp3) is 0.273. The van der Waals surface area contributed by atoms with Crippen molar-refractivity contribution < 1.29 is 32.3 Å². The normalized spacial score (nSPS) is 12.6. The molecule has 0 atom stereocenters. The minimum atomic E-state index is -4.51. The summed E-state index contributed by atoms with van der Waals surface area (Å²) in [5.41, 5.74) is 9.73. The van der Waals surface area contributed by atoms with Crippen LogP contribution in [0.3, 0.4) is 0 Å². The van der Waals surface area contributed by atoms with Crippen molar-refractivity contribution in [1.82, 2.24) is 16.2 Å². The van der Waals surface area contributed by atoms with Gasteiger partial charge in [0, 0.05) is 26.3 Å². The van der Waals surface area contributed by atoms with Crippen LogP contribution in [-0.2, 0) is 15.7 Å². The van der Waals surface area contributed by atoms with Gasteiger partial charge in [0.1, 0.15) is 11.4 Å². The molecule has 0 fully saturated rings. The molecule has 2 aromatic rings. The summed E-state index contributed by atoms with van der Waals surface area (Å²) in [6.45, 7) is 2.10. The number of rotatable bonds is 10. The van der Waals surface area contributed by atoms with Crippen LogP contribution in [-0.4, -0.2) is 50.6 Å². The van der Waals surface area contributed by atoms with Gasteiger partial charge < -0.3 is 21.2 Å². The van der Waals surface area contributed by atoms with Gasteiger partial charge in [-0.15, -0.1) is 11.3 Å². The van der Waals surface area contributed by atoms with Crippen LogP contribution in [0.4, 0.5) is 13.2 Å². The zero-order valence-electron chi connectivity index (χ0n) is 19.1. The van der Waals surface area contributed by atoms with E-state index < -0.39 is 23.4 Å². The Balaban J connectivity index is 2.04. The summed E-state index contributed by atoms with van der Waals surface area (Å²) in [6.07, 6.45) is -4.51. The molecule has 1 aromatic heterocycles. The predicted octanol–water partition coefficient (Wildman–Crippen LogP) is 2.26. The van der Waals surface area contributed by atoms with E-state index in [-0.39, 0.29) is 33.5 Å². The number of halogens is 3. The first-order valence-electron chi connectivity index (χ1n) is 10.1. The number of thiophene rings is 1. The molecule has 0 unspecified atom stereocenters. The zero-order valence-corrected chi connectivity index (χ0v) is 19.9. The van der Waals surface area contributed by atoms with Crippen LogP contribution in [0.1, 0.15) is 37.4 Å². The lowest BCUT2D eigenvalue weighted by Gasteiger charge is -2.12. The number of ether oxygens (including phenoxy) is 1. The number of hydrazine groups is 1. The van der Waals surface area contributed by atoms with Crippen molar-refractivity contribution in [2.24, 2.45) is 10.7 Å². The quantitative estimate of drug-likeness (QED) is 0.167. The van der Waals surface area contributed by atoms with E-state index in [4.69, 9.17) is 10.5 Å². The van der Waals surface area contributed by atoms with Crippen molar-refractivity contribution >= 4 is 34.6 Å². The lowest BCUT2D eigenvalue weighted by atomic mass is 10.0. The Hall–Kier alpha value is -3.71. The number of benzene rings is 1. The third-order valence-electron chi connectivity index (χ3n) is 4.58. The molecule has 0 saturated carbocycles. The van der Waals surface area contributed by atoms with E-state index in [0.717, 1.165) is 35.6 Å². The second kappa shape index (κ2) is 12.1. The molecular formula is C22H24F3N5O4S. The largest absolute Gasteiger partial charge is 0.416 e. The van der Waals surface area contributed by atoms with E-state index in [1.807, 2.05) is 0 Å². The second-order valence-electron chi connectivity index (χ2n) is 7.01. The van der Waals surface area contributed by atoms with Gasteiger partial charge >= 0.3 is 6.18 Å². The monoisotopic (exact) mass is 511 g/mol. The topological polar surface area (TPSA) is 135 Å². The number of alkyl halides is 3. The molecular weight excluding hydrogens is 487 g/mol. The Labute approximate surface area is 203 Å². The minimum absolute atomic E-state index is 0.0884. The lowest BCUT2D eigenvalue weighted by Crippen LogP contribution is -2.38. The van der Waals surface area contributed by atoms with Crippen molar-refractivity contribution in [3.8, 4) is 0 Å². The van der Waals surface area contributed by atoms with Crippen LogP contribution in [0.2, 0.25) is 0 Å². The summed E-state index contributed by atoms with van der Waals surface area (Å²) >= 11 is 0.964. The summed E-state index contributed by atoms with van der Waals surface area (Å²) in [5, 5.41) is 2.64. The van der Waals surface area contributed by atoms with Gasteiger partial charge in [-0.3, -0.25) is 24.8 Å². The number of ketones is 1. The minimum Gasteiger partial charge on any atom is -0.394 e. The molecule has 0 spiro atoms. The standard InChI is InChI=1S/C22H24F3N5O4S/c1-12(29-30-21(33)16-9-8-15(35-16)20(32)28-10-11-34-3)17(26)19(31)18(27-2)13-4-6-14(7-5-13)22(23,24)25/h4-9,29H,10-11,26H2,1-3H3,(H,28,32)(H,30,33). The first kappa shape index (κ1) is 27.5. The molecule has 0 aliphatic rings. The van der Waals surface area contributed by atoms with Gasteiger partial charge in [0.2, 0.25) is 5.78 Å². The van der Waals surface area contributed by atoms with Gasteiger partial charge in [-0.2, -0.15) is 13.2 Å². The van der Waals surface area contributed by atoms with Crippen molar-refractivity contribution in [2.45, 2.75) is 13.1 Å². The third-order valence-corrected chi connectivity index (χ3v) is 5.66. The number of amides is 2. The van der Waals surface area contributed by atoms with Crippen LogP contribution in [0.5, 0.6) is 0 Å². The predicted molar refractivity (Wildman–Crippen MR) is 125 cm³/mol. The molecule has 35 heavy (non-hydrogen) atoms. The summed E-state index contributed by atoms with van der Waals surface area (Å²) < 4.78 is 43.2. The number of hydrogen-bond acceptors (Lipinski definition) is 8. The molecule has 0 aliphatic heterocycles. The molecule has 1 heterocycles. The average molecular weight is 512 g/mol. The Bertz CT molecular complexity index is 1140. The molecule has 188 valence electrons. The van der Waals surface area contributed by atoms with E-state index in [1.165, 1.54) is 33.2 Å². The maximum absolute atomic E-state index is 12.8. The first-order chi connectivity index (χ1) is 16.5. The first-order valence-corrected chi connectivity index (χ1v) is 10.9. The molecule has 1 aromatic carbocycles. The summed E-state index contributed by atoms with van der Waals surface area (Å²) in [4.78, 5) is 41.6. The van der Waals surface area contributed by atoms with Crippen molar-refractivity contribution in [3.63, 3.8) is 0 Å². The molecule has 2 amide bonds. The van der Waals surface area contributed by atoms with E-state index in [9.17, 15) is 27.6 Å². The molecule has 0 saturated heterocycles. The molecule has 0 aliphatic carbocycles. The number of nitrogens with one attached hydrogen (secondary N) is 3. The summed E-state index contributed by atoms with van der Waals surface area (Å²) in [6, 6.07) is 6.89. The SMILES string of the molecule is CN=C(C(=O)C(N)=C(C)NNC(=O)c1ccc(C(=O)NCCOC)s1)c1ccc(C(F)(F)F)cc1. The van der Waals surface area contributed by atoms with Gasteiger partial charge in [-0.1, -0.05) is 12.1 Å². The third kappa shape index (κ3) is 7.39. The van der Waals surface area contributed by atoms with E-state index in [1.54, 1.807) is 0 Å². The fourth-order valence-electron chi connectivity index (χ4n) is 2.69. The number of hydrogen-bond donors (Lipinski definition) is 4. The lowest BCUT2D eigenvalue weighted by molar-refractivity contribution is -0.137.